The fraction of sp³-hybridized carbons (Fsp3) is 0.714. The SMILES string of the molecule is Clc1cnc(N2CCN3[C@@H](COC[C@@H]3C3CC3)C2)nc1. The first kappa shape index (κ1) is 12.8. The fourth-order valence-corrected chi connectivity index (χ4v) is 3.51. The Morgan fingerprint density at radius 2 is 1.95 bits per heavy atom. The van der Waals surface area contributed by atoms with Crippen LogP contribution >= 0.6 is 11.6 Å². The lowest BCUT2D eigenvalue weighted by atomic mass is 10.0. The van der Waals surface area contributed by atoms with Crippen LogP contribution in [0.2, 0.25) is 5.02 Å². The highest BCUT2D eigenvalue weighted by atomic mass is 35.5. The number of aromatic nitrogens is 2. The molecule has 0 N–H and O–H groups in total. The van der Waals surface area contributed by atoms with Crippen LogP contribution in [-0.4, -0.2) is 59.8 Å². The van der Waals surface area contributed by atoms with Gasteiger partial charge < -0.3 is 9.64 Å². The summed E-state index contributed by atoms with van der Waals surface area (Å²) in [5, 5.41) is 0.585. The number of anilines is 1. The zero-order chi connectivity index (χ0) is 13.5. The normalized spacial score (nSPS) is 31.1. The molecule has 0 spiro atoms. The second kappa shape index (κ2) is 5.13. The Labute approximate surface area is 123 Å². The summed E-state index contributed by atoms with van der Waals surface area (Å²) in [6.07, 6.45) is 6.09. The first-order chi connectivity index (χ1) is 9.81. The summed E-state index contributed by atoms with van der Waals surface area (Å²) in [5.41, 5.74) is 0. The predicted molar refractivity (Wildman–Crippen MR) is 77.1 cm³/mol. The van der Waals surface area contributed by atoms with Gasteiger partial charge in [0.2, 0.25) is 5.95 Å². The van der Waals surface area contributed by atoms with Gasteiger partial charge in [0.25, 0.3) is 0 Å². The van der Waals surface area contributed by atoms with Crippen LogP contribution < -0.4 is 4.90 Å². The number of nitrogens with zero attached hydrogens (tertiary/aromatic N) is 4. The van der Waals surface area contributed by atoms with Crippen molar-refractivity contribution < 1.29 is 4.74 Å². The molecule has 3 fully saturated rings. The molecule has 2 saturated heterocycles. The van der Waals surface area contributed by atoms with E-state index in [-0.39, 0.29) is 0 Å². The van der Waals surface area contributed by atoms with Gasteiger partial charge in [0, 0.05) is 25.7 Å². The van der Waals surface area contributed by atoms with Crippen molar-refractivity contribution >= 4 is 17.5 Å². The van der Waals surface area contributed by atoms with Gasteiger partial charge in [-0.3, -0.25) is 4.90 Å². The topological polar surface area (TPSA) is 41.5 Å². The van der Waals surface area contributed by atoms with Crippen LogP contribution in [0, 0.1) is 5.92 Å². The molecule has 1 aromatic heterocycles. The maximum absolute atomic E-state index is 5.85. The van der Waals surface area contributed by atoms with E-state index in [1.165, 1.54) is 12.8 Å². The van der Waals surface area contributed by atoms with Crippen molar-refractivity contribution in [2.24, 2.45) is 5.92 Å². The third kappa shape index (κ3) is 2.38. The van der Waals surface area contributed by atoms with E-state index in [1.807, 2.05) is 0 Å². The van der Waals surface area contributed by atoms with Crippen LogP contribution in [0.1, 0.15) is 12.8 Å². The lowest BCUT2D eigenvalue weighted by Crippen LogP contribution is -2.62. The molecule has 0 radical (unpaired) electrons. The molecule has 0 aromatic carbocycles. The van der Waals surface area contributed by atoms with Gasteiger partial charge in [-0.1, -0.05) is 11.6 Å². The van der Waals surface area contributed by atoms with Crippen LogP contribution in [-0.2, 0) is 4.74 Å². The third-order valence-electron chi connectivity index (χ3n) is 4.61. The Balaban J connectivity index is 1.47. The maximum atomic E-state index is 5.85. The van der Waals surface area contributed by atoms with Crippen molar-refractivity contribution in [1.29, 1.82) is 0 Å². The van der Waals surface area contributed by atoms with E-state index in [1.54, 1.807) is 12.4 Å². The van der Waals surface area contributed by atoms with Gasteiger partial charge in [-0.25, -0.2) is 9.97 Å². The number of morpholine rings is 1. The zero-order valence-corrected chi connectivity index (χ0v) is 12.2. The number of hydrogen-bond donors (Lipinski definition) is 0. The Morgan fingerprint density at radius 3 is 2.70 bits per heavy atom. The second-order valence-corrected chi connectivity index (χ2v) is 6.42. The quantitative estimate of drug-likeness (QED) is 0.825. The molecular weight excluding hydrogens is 276 g/mol. The summed E-state index contributed by atoms with van der Waals surface area (Å²) >= 11 is 5.85. The molecule has 0 unspecified atom stereocenters. The lowest BCUT2D eigenvalue weighted by molar-refractivity contribution is -0.0604. The standard InChI is InChI=1S/C14H19ClN4O/c15-11-5-16-14(17-6-11)18-3-4-19-12(7-18)8-20-9-13(19)10-1-2-10/h5-6,10,12-13H,1-4,7-9H2/t12-,13-/m1/s1. The number of halogens is 1. The van der Waals surface area contributed by atoms with Gasteiger partial charge in [0.05, 0.1) is 36.7 Å². The Bertz CT molecular complexity index is 479. The van der Waals surface area contributed by atoms with E-state index in [4.69, 9.17) is 16.3 Å². The second-order valence-electron chi connectivity index (χ2n) is 5.98. The van der Waals surface area contributed by atoms with Crippen LogP contribution in [0.15, 0.2) is 12.4 Å². The highest BCUT2D eigenvalue weighted by molar-refractivity contribution is 6.30. The maximum Gasteiger partial charge on any atom is 0.225 e. The summed E-state index contributed by atoms with van der Waals surface area (Å²) < 4.78 is 5.83. The molecule has 0 bridgehead atoms. The van der Waals surface area contributed by atoms with Gasteiger partial charge >= 0.3 is 0 Å². The lowest BCUT2D eigenvalue weighted by Gasteiger charge is -2.48. The Morgan fingerprint density at radius 1 is 1.15 bits per heavy atom. The third-order valence-corrected chi connectivity index (χ3v) is 4.80. The molecular formula is C14H19ClN4O. The van der Waals surface area contributed by atoms with Crippen LogP contribution in [0.4, 0.5) is 5.95 Å². The molecule has 5 nitrogen and oxygen atoms in total. The van der Waals surface area contributed by atoms with E-state index < -0.39 is 0 Å². The summed E-state index contributed by atoms with van der Waals surface area (Å²) in [6.45, 7) is 4.76. The Hall–Kier alpha value is -0.910. The van der Waals surface area contributed by atoms with Gasteiger partial charge in [0.1, 0.15) is 0 Å². The first-order valence-electron chi connectivity index (χ1n) is 7.37. The average molecular weight is 295 g/mol. The molecule has 6 heteroatoms. The molecule has 1 saturated carbocycles. The van der Waals surface area contributed by atoms with E-state index >= 15 is 0 Å². The molecule has 0 amide bonds. The average Bonchev–Trinajstić information content (AvgIpc) is 3.31. The summed E-state index contributed by atoms with van der Waals surface area (Å²) in [6, 6.07) is 1.12. The molecule has 3 aliphatic rings. The van der Waals surface area contributed by atoms with Gasteiger partial charge in [-0.2, -0.15) is 0 Å². The van der Waals surface area contributed by atoms with Crippen molar-refractivity contribution in [3.8, 4) is 0 Å². The van der Waals surface area contributed by atoms with Crippen LogP contribution in [0.25, 0.3) is 0 Å². The minimum absolute atomic E-state index is 0.474. The molecule has 2 atom stereocenters. The number of piperazine rings is 1. The van der Waals surface area contributed by atoms with E-state index in [0.29, 0.717) is 17.1 Å². The first-order valence-corrected chi connectivity index (χ1v) is 7.75. The minimum atomic E-state index is 0.474. The predicted octanol–water partition coefficient (Wildman–Crippen LogP) is 1.43. The molecule has 1 aromatic rings. The Kier molecular flexibility index (Phi) is 3.28. The van der Waals surface area contributed by atoms with Crippen LogP contribution in [0.5, 0.6) is 0 Å². The summed E-state index contributed by atoms with van der Waals surface area (Å²) in [7, 11) is 0. The van der Waals surface area contributed by atoms with Gasteiger partial charge in [-0.15, -0.1) is 0 Å². The van der Waals surface area contributed by atoms with Gasteiger partial charge in [0.15, 0.2) is 0 Å². The highest BCUT2D eigenvalue weighted by Crippen LogP contribution is 2.38. The highest BCUT2D eigenvalue weighted by Gasteiger charge is 2.43. The number of ether oxygens (including phenoxy) is 1. The van der Waals surface area contributed by atoms with Crippen molar-refractivity contribution in [2.75, 3.05) is 37.7 Å². The van der Waals surface area contributed by atoms with Crippen molar-refractivity contribution in [1.82, 2.24) is 14.9 Å². The largest absolute Gasteiger partial charge is 0.378 e. The molecule has 3 heterocycles. The molecule has 1 aliphatic carbocycles. The molecule has 2 aliphatic heterocycles. The number of hydrogen-bond acceptors (Lipinski definition) is 5. The van der Waals surface area contributed by atoms with Crippen molar-refractivity contribution in [3.05, 3.63) is 17.4 Å². The molecule has 20 heavy (non-hydrogen) atoms. The van der Waals surface area contributed by atoms with E-state index in [2.05, 4.69) is 19.8 Å². The summed E-state index contributed by atoms with van der Waals surface area (Å²) in [4.78, 5) is 13.6. The van der Waals surface area contributed by atoms with Crippen LogP contribution in [0.3, 0.4) is 0 Å². The van der Waals surface area contributed by atoms with E-state index in [0.717, 1.165) is 44.7 Å². The smallest absolute Gasteiger partial charge is 0.225 e. The zero-order valence-electron chi connectivity index (χ0n) is 11.4. The van der Waals surface area contributed by atoms with Crippen molar-refractivity contribution in [2.45, 2.75) is 24.9 Å². The summed E-state index contributed by atoms with van der Waals surface area (Å²) in [5.74, 6) is 1.65. The van der Waals surface area contributed by atoms with Crippen molar-refractivity contribution in [3.63, 3.8) is 0 Å². The number of fused-ring (bicyclic) bond motifs is 1. The fourth-order valence-electron chi connectivity index (χ4n) is 3.41. The molecule has 108 valence electrons. The minimum Gasteiger partial charge on any atom is -0.378 e. The van der Waals surface area contributed by atoms with E-state index in [9.17, 15) is 0 Å². The molecule has 4 rings (SSSR count). The monoisotopic (exact) mass is 294 g/mol. The number of rotatable bonds is 2. The van der Waals surface area contributed by atoms with Gasteiger partial charge in [-0.05, 0) is 18.8 Å².